The van der Waals surface area contributed by atoms with Crippen LogP contribution < -0.4 is 0 Å². The van der Waals surface area contributed by atoms with Crippen molar-refractivity contribution in [2.45, 2.75) is 0 Å². The summed E-state index contributed by atoms with van der Waals surface area (Å²) in [4.78, 5) is 10.8. The van der Waals surface area contributed by atoms with Crippen molar-refractivity contribution in [1.82, 2.24) is 15.4 Å². The fourth-order valence-electron chi connectivity index (χ4n) is 3.00. The van der Waals surface area contributed by atoms with Crippen LogP contribution in [0.4, 0.5) is 0 Å². The van der Waals surface area contributed by atoms with Crippen LogP contribution in [-0.4, -0.2) is 21.7 Å². The molecule has 29 heavy (non-hydrogen) atoms. The van der Waals surface area contributed by atoms with E-state index in [4.69, 9.17) is 5.26 Å². The maximum absolute atomic E-state index is 10.8. The molecule has 0 radical (unpaired) electrons. The molecule has 1 heterocycles. The Labute approximate surface area is 168 Å². The number of hydrogen-bond acceptors (Lipinski definition) is 4. The number of H-pyrrole nitrogens is 1. The number of nitrogens with one attached hydrogen (secondary N) is 1. The first-order chi connectivity index (χ1) is 14.3. The van der Waals surface area contributed by atoms with E-state index in [1.165, 1.54) is 0 Å². The average molecular weight is 376 g/mol. The highest BCUT2D eigenvalue weighted by Gasteiger charge is 2.08. The molecular formula is C24H16N4O. The molecule has 0 spiro atoms. The molecule has 4 aromatic rings. The molecule has 4 rings (SSSR count). The highest BCUT2D eigenvalue weighted by atomic mass is 16.1. The Balaban J connectivity index is 1.47. The maximum atomic E-state index is 10.8. The van der Waals surface area contributed by atoms with Crippen LogP contribution >= 0.6 is 0 Å². The minimum absolute atomic E-state index is 0.286. The van der Waals surface area contributed by atoms with Gasteiger partial charge in [-0.2, -0.15) is 5.26 Å². The zero-order valence-electron chi connectivity index (χ0n) is 15.4. The molecule has 0 fully saturated rings. The molecule has 5 heteroatoms. The molecule has 0 atom stereocenters. The number of nitriles is 1. The monoisotopic (exact) mass is 376 g/mol. The second kappa shape index (κ2) is 8.15. The lowest BCUT2D eigenvalue weighted by atomic mass is 10.0. The molecule has 0 saturated heterocycles. The van der Waals surface area contributed by atoms with E-state index < -0.39 is 0 Å². The number of aldehydes is 1. The lowest BCUT2D eigenvalue weighted by molar-refractivity contribution is 0.112. The molecule has 5 nitrogen and oxygen atoms in total. The summed E-state index contributed by atoms with van der Waals surface area (Å²) in [5.74, 6) is 0. The Hall–Kier alpha value is -4.30. The normalized spacial score (nSPS) is 10.7. The minimum atomic E-state index is 0.286. The largest absolute Gasteiger partial charge is 0.298 e. The molecule has 0 saturated carbocycles. The van der Waals surface area contributed by atoms with Gasteiger partial charge in [-0.1, -0.05) is 90.2 Å². The van der Waals surface area contributed by atoms with Gasteiger partial charge in [-0.25, -0.2) is 0 Å². The zero-order chi connectivity index (χ0) is 20.1. The molecule has 0 aliphatic carbocycles. The smallest absolute Gasteiger partial charge is 0.190 e. The molecule has 138 valence electrons. The average Bonchev–Trinajstić information content (AvgIpc) is 3.27. The Bertz CT molecular complexity index is 1200. The molecule has 0 aliphatic rings. The number of aromatic amines is 1. The summed E-state index contributed by atoms with van der Waals surface area (Å²) < 4.78 is 0. The number of rotatable bonds is 5. The molecular weight excluding hydrogens is 360 g/mol. The molecule has 0 bridgehead atoms. The van der Waals surface area contributed by atoms with Crippen molar-refractivity contribution in [3.8, 4) is 28.5 Å². The quantitative estimate of drug-likeness (QED) is 0.393. The molecule has 3 aromatic carbocycles. The van der Waals surface area contributed by atoms with Crippen molar-refractivity contribution in [3.63, 3.8) is 0 Å². The predicted molar refractivity (Wildman–Crippen MR) is 113 cm³/mol. The van der Waals surface area contributed by atoms with Gasteiger partial charge in [-0.05, 0) is 22.3 Å². The lowest BCUT2D eigenvalue weighted by Crippen LogP contribution is -1.83. The van der Waals surface area contributed by atoms with Crippen molar-refractivity contribution in [1.29, 1.82) is 5.26 Å². The van der Waals surface area contributed by atoms with E-state index in [1.807, 2.05) is 66.8 Å². The van der Waals surface area contributed by atoms with Crippen LogP contribution in [-0.2, 0) is 0 Å². The van der Waals surface area contributed by atoms with E-state index in [-0.39, 0.29) is 5.69 Å². The number of carbonyl (C=O) groups excluding carboxylic acids is 1. The van der Waals surface area contributed by atoms with E-state index in [1.54, 1.807) is 0 Å². The van der Waals surface area contributed by atoms with Gasteiger partial charge in [-0.15, -0.1) is 5.10 Å². The summed E-state index contributed by atoms with van der Waals surface area (Å²) in [7, 11) is 0. The predicted octanol–water partition coefficient (Wildman–Crippen LogP) is 4.99. The third-order valence-corrected chi connectivity index (χ3v) is 4.61. The highest BCUT2D eigenvalue weighted by Crippen LogP contribution is 2.22. The van der Waals surface area contributed by atoms with Gasteiger partial charge in [0.25, 0.3) is 0 Å². The Morgan fingerprint density at radius 3 is 1.69 bits per heavy atom. The number of carbonyl (C=O) groups is 1. The SMILES string of the molecule is N#Cc1nn[nH]c1-c1ccc(C=Cc2ccc(-c3ccc(C=O)cc3)cc2)cc1. The van der Waals surface area contributed by atoms with Crippen LogP contribution in [0.5, 0.6) is 0 Å². The lowest BCUT2D eigenvalue weighted by Gasteiger charge is -2.03. The van der Waals surface area contributed by atoms with Crippen LogP contribution in [0.15, 0.2) is 72.8 Å². The summed E-state index contributed by atoms with van der Waals surface area (Å²) in [5.41, 5.74) is 6.77. The van der Waals surface area contributed by atoms with Gasteiger partial charge in [0.2, 0.25) is 0 Å². The second-order valence-corrected chi connectivity index (χ2v) is 6.46. The van der Waals surface area contributed by atoms with Crippen molar-refractivity contribution < 1.29 is 4.79 Å². The Kier molecular flexibility index (Phi) is 5.08. The van der Waals surface area contributed by atoms with Gasteiger partial charge in [0.1, 0.15) is 18.0 Å². The van der Waals surface area contributed by atoms with E-state index in [2.05, 4.69) is 39.7 Å². The van der Waals surface area contributed by atoms with Crippen LogP contribution in [0.1, 0.15) is 27.2 Å². The number of benzene rings is 3. The van der Waals surface area contributed by atoms with Crippen LogP contribution in [0, 0.1) is 11.3 Å². The third kappa shape index (κ3) is 4.02. The fraction of sp³-hybridized carbons (Fsp3) is 0. The molecule has 0 unspecified atom stereocenters. The van der Waals surface area contributed by atoms with Gasteiger partial charge < -0.3 is 0 Å². The maximum Gasteiger partial charge on any atom is 0.190 e. The van der Waals surface area contributed by atoms with Gasteiger partial charge in [0.05, 0.1) is 0 Å². The zero-order valence-corrected chi connectivity index (χ0v) is 15.4. The highest BCUT2D eigenvalue weighted by molar-refractivity contribution is 5.77. The van der Waals surface area contributed by atoms with E-state index in [0.717, 1.165) is 34.1 Å². The standard InChI is InChI=1S/C24H16N4O/c25-15-23-24(27-28-26-23)22-13-5-18(6-14-22)2-1-17-3-9-20(10-4-17)21-11-7-19(16-29)8-12-21/h1-14,16H,(H,26,27,28). The number of aromatic nitrogens is 3. The molecule has 1 aromatic heterocycles. The van der Waals surface area contributed by atoms with E-state index in [0.29, 0.717) is 11.3 Å². The molecule has 0 amide bonds. The van der Waals surface area contributed by atoms with Gasteiger partial charge >= 0.3 is 0 Å². The molecule has 0 aliphatic heterocycles. The van der Waals surface area contributed by atoms with Crippen molar-refractivity contribution in [2.24, 2.45) is 0 Å². The first-order valence-corrected chi connectivity index (χ1v) is 9.02. The first-order valence-electron chi connectivity index (χ1n) is 9.02. The fourth-order valence-corrected chi connectivity index (χ4v) is 3.00. The van der Waals surface area contributed by atoms with Gasteiger partial charge in [-0.3, -0.25) is 9.89 Å². The summed E-state index contributed by atoms with van der Waals surface area (Å²) in [5, 5.41) is 19.2. The third-order valence-electron chi connectivity index (χ3n) is 4.61. The van der Waals surface area contributed by atoms with Gasteiger partial charge in [0, 0.05) is 11.1 Å². The summed E-state index contributed by atoms with van der Waals surface area (Å²) >= 11 is 0. The number of nitrogens with zero attached hydrogens (tertiary/aromatic N) is 3. The van der Waals surface area contributed by atoms with Crippen LogP contribution in [0.3, 0.4) is 0 Å². The Morgan fingerprint density at radius 2 is 1.21 bits per heavy atom. The number of hydrogen-bond donors (Lipinski definition) is 1. The summed E-state index contributed by atoms with van der Waals surface area (Å²) in [6.07, 6.45) is 4.93. The van der Waals surface area contributed by atoms with E-state index >= 15 is 0 Å². The van der Waals surface area contributed by atoms with Crippen molar-refractivity contribution in [3.05, 3.63) is 95.2 Å². The topological polar surface area (TPSA) is 82.4 Å². The molecule has 1 N–H and O–H groups in total. The van der Waals surface area contributed by atoms with Crippen molar-refractivity contribution >= 4 is 18.4 Å². The Morgan fingerprint density at radius 1 is 0.724 bits per heavy atom. The van der Waals surface area contributed by atoms with Crippen LogP contribution in [0.2, 0.25) is 0 Å². The van der Waals surface area contributed by atoms with Crippen LogP contribution in [0.25, 0.3) is 34.5 Å². The summed E-state index contributed by atoms with van der Waals surface area (Å²) in [6, 6.07) is 25.6. The van der Waals surface area contributed by atoms with Gasteiger partial charge in [0.15, 0.2) is 5.69 Å². The summed E-state index contributed by atoms with van der Waals surface area (Å²) in [6.45, 7) is 0. The first kappa shape index (κ1) is 18.1. The minimum Gasteiger partial charge on any atom is -0.298 e. The van der Waals surface area contributed by atoms with E-state index in [9.17, 15) is 4.79 Å². The second-order valence-electron chi connectivity index (χ2n) is 6.46. The van der Waals surface area contributed by atoms with Crippen molar-refractivity contribution in [2.75, 3.05) is 0 Å².